The Bertz CT molecular complexity index is 6440. The largest absolute Gasteiger partial charge is 0.497 e. The number of nitrogens with one attached hydrogen (secondary N) is 3. The Kier molecular flexibility index (Phi) is 29.7. The molecule has 6 aliphatic rings. The van der Waals surface area contributed by atoms with Crippen molar-refractivity contribution >= 4 is 105 Å². The zero-order valence-corrected chi connectivity index (χ0v) is 80.1. The Morgan fingerprint density at radius 2 is 0.647 bits per heavy atom. The normalized spacial score (nSPS) is 15.6. The summed E-state index contributed by atoms with van der Waals surface area (Å²) in [5.41, 5.74) is 13.6. The monoisotopic (exact) mass is 1900 g/mol. The van der Waals surface area contributed by atoms with Crippen LogP contribution in [-0.2, 0) is 56.4 Å². The first-order valence-corrected chi connectivity index (χ1v) is 45.6. The van der Waals surface area contributed by atoms with Gasteiger partial charge in [-0.3, -0.25) is 29.4 Å². The van der Waals surface area contributed by atoms with E-state index in [1.807, 2.05) is 132 Å². The zero-order valence-electron chi connectivity index (χ0n) is 80.1. The van der Waals surface area contributed by atoms with E-state index in [-0.39, 0.29) is 66.1 Å². The summed E-state index contributed by atoms with van der Waals surface area (Å²) in [4.78, 5) is 92.0. The summed E-state index contributed by atoms with van der Waals surface area (Å²) in [7, 11) is 13.4. The molecule has 6 amide bonds. The number of ether oxygens (including phenoxy) is 7. The Balaban J connectivity index is 0.000000151. The molecule has 18 rings (SSSR count). The molecule has 12 aromatic rings. The average molecular weight is 1900 g/mol. The Morgan fingerprint density at radius 3 is 0.950 bits per heavy atom. The number of urea groups is 3. The molecule has 3 saturated heterocycles. The SMILES string of the molecule is COc1ccc(N2C(=O)N(c3c(C)cccc3C)Cc3cnc(Nc4cc(CN5CCN(C)CC5)cc(C(F)(F)F)c4)nc32)c(OC)c1.COc1ccc(N2C(=O)N(c3c(C)cccc3C)Cc3cnc(Nc4cc(CN5CCOCC5)cc(C(F)(F)F)c4)nc32)c(OC)c1.COc1ccc(N2C(=O)N(c3c(C)cccc3C)Cc3cnc(Nc4ccc(CN5CCN(C)CC5)cc4)nc32)c(OC)c1. The molecule has 30 nitrogen and oxygen atoms in total. The van der Waals surface area contributed by atoms with Gasteiger partial charge in [-0.2, -0.15) is 41.3 Å². The highest BCUT2D eigenvalue weighted by Crippen LogP contribution is 2.49. The van der Waals surface area contributed by atoms with E-state index in [9.17, 15) is 40.7 Å². The van der Waals surface area contributed by atoms with Crippen molar-refractivity contribution in [2.75, 3.05) is 181 Å². The number of hydrogen-bond acceptors (Lipinski definition) is 24. The molecular formula is C103H112F6N20O10. The zero-order chi connectivity index (χ0) is 98.3. The van der Waals surface area contributed by atoms with Crippen LogP contribution in [0.25, 0.3) is 0 Å². The van der Waals surface area contributed by atoms with Crippen LogP contribution in [0.5, 0.6) is 34.5 Å². The van der Waals surface area contributed by atoms with E-state index in [1.54, 1.807) is 107 Å². The summed E-state index contributed by atoms with van der Waals surface area (Å²) in [5, 5.41) is 9.31. The van der Waals surface area contributed by atoms with E-state index in [0.29, 0.717) is 132 Å². The number of halogens is 6. The maximum Gasteiger partial charge on any atom is 0.416 e. The third-order valence-electron chi connectivity index (χ3n) is 25.3. The second-order valence-electron chi connectivity index (χ2n) is 35.0. The molecule has 3 fully saturated rings. The molecule has 36 heteroatoms. The Morgan fingerprint density at radius 1 is 0.345 bits per heavy atom. The summed E-state index contributed by atoms with van der Waals surface area (Å²) in [6, 6.07) is 48.4. The van der Waals surface area contributed by atoms with Gasteiger partial charge in [-0.25, -0.2) is 44.0 Å². The molecule has 3 N–H and O–H groups in total. The van der Waals surface area contributed by atoms with E-state index in [4.69, 9.17) is 48.1 Å². The third kappa shape index (κ3) is 22.1. The molecule has 0 atom stereocenters. The standard InChI is InChI=1S/C35H38F3N7O3.C34H35F3N6O4.C34H39N7O3/c1-22-7-6-8-23(2)31(22)44-21-25-19-39-33(41-32(25)45(34(44)46)29-10-9-28(47-4)18-30(29)48-5)40-27-16-24(15-26(17-27)35(36,37)38)20-43-13-11-42(3)12-14-43;1-21-6-5-7-22(2)30(21)42-20-24-18-38-32(40-31(24)43(33(42)44)28-9-8-27(45-3)17-29(28)46-4)39-26-15-23(14-25(16-26)34(35,36)37)19-41-10-12-47-13-11-41;1-23-7-6-8-24(2)31(23)40-22-26-20-35-33(36-27-11-9-25(10-12-27)21-39-17-15-38(3)16-18-39)37-32(26)41(34(40)42)29-14-13-28(43-4)19-30(29)44-5/h6-10,15-19H,11-14,20-21H2,1-5H3,(H,39,40,41);5-9,14-18H,10-13,19-20H2,1-4H3,(H,38,39,40);6-14,19-20H,15-18,21-22H2,1-5H3,(H,35,36,37). The number of hydrogen-bond donors (Lipinski definition) is 3. The van der Waals surface area contributed by atoms with Gasteiger partial charge in [-0.15, -0.1) is 0 Å². The molecule has 0 saturated carbocycles. The first-order valence-electron chi connectivity index (χ1n) is 45.6. The number of nitrogens with zero attached hydrogens (tertiary/aromatic N) is 17. The van der Waals surface area contributed by atoms with Crippen molar-refractivity contribution < 1.29 is 73.9 Å². The fourth-order valence-corrected chi connectivity index (χ4v) is 18.1. The lowest BCUT2D eigenvalue weighted by Gasteiger charge is -2.37. The number of aryl methyl sites for hydroxylation is 6. The van der Waals surface area contributed by atoms with Gasteiger partial charge in [0, 0.05) is 156 Å². The summed E-state index contributed by atoms with van der Waals surface area (Å²) in [5.74, 6) is 4.48. The molecule has 9 heterocycles. The van der Waals surface area contributed by atoms with Crippen LogP contribution in [0.3, 0.4) is 0 Å². The summed E-state index contributed by atoms with van der Waals surface area (Å²) < 4.78 is 123. The minimum Gasteiger partial charge on any atom is -0.497 e. The van der Waals surface area contributed by atoms with Gasteiger partial charge in [0.15, 0.2) is 17.5 Å². The van der Waals surface area contributed by atoms with Gasteiger partial charge in [0.2, 0.25) is 17.8 Å². The van der Waals surface area contributed by atoms with Gasteiger partial charge in [-0.1, -0.05) is 66.7 Å². The lowest BCUT2D eigenvalue weighted by Crippen LogP contribution is -2.46. The van der Waals surface area contributed by atoms with Crippen molar-refractivity contribution in [1.29, 1.82) is 0 Å². The minimum absolute atomic E-state index is 0.0335. The molecule has 6 aliphatic heterocycles. The van der Waals surface area contributed by atoms with Crippen LogP contribution < -0.4 is 73.8 Å². The number of piperazine rings is 2. The molecule has 0 bridgehead atoms. The van der Waals surface area contributed by atoms with Crippen LogP contribution in [0.4, 0.5) is 127 Å². The fourth-order valence-electron chi connectivity index (χ4n) is 18.1. The minimum atomic E-state index is -4.56. The number of carbonyl (C=O) groups is 3. The summed E-state index contributed by atoms with van der Waals surface area (Å²) in [6.07, 6.45) is -4.12. The van der Waals surface area contributed by atoms with Gasteiger partial charge in [0.05, 0.1) is 121 Å². The van der Waals surface area contributed by atoms with Crippen molar-refractivity contribution in [1.82, 2.24) is 54.4 Å². The second-order valence-corrected chi connectivity index (χ2v) is 35.0. The number of aromatic nitrogens is 6. The Hall–Kier alpha value is -14.4. The molecule has 726 valence electrons. The highest BCUT2D eigenvalue weighted by Gasteiger charge is 2.43. The maximum absolute atomic E-state index is 14.4. The van der Waals surface area contributed by atoms with Gasteiger partial charge in [-0.05, 0) is 191 Å². The second kappa shape index (κ2) is 42.3. The van der Waals surface area contributed by atoms with Crippen LogP contribution in [0.2, 0.25) is 0 Å². The Labute approximate surface area is 803 Å². The van der Waals surface area contributed by atoms with Crippen molar-refractivity contribution in [3.63, 3.8) is 0 Å². The van der Waals surface area contributed by atoms with Crippen LogP contribution in [0.1, 0.15) is 77.9 Å². The molecule has 0 radical (unpaired) electrons. The van der Waals surface area contributed by atoms with Crippen molar-refractivity contribution in [3.8, 4) is 34.5 Å². The summed E-state index contributed by atoms with van der Waals surface area (Å²) >= 11 is 0. The fraction of sp³-hybridized carbons (Fsp3) is 0.330. The molecule has 9 aromatic carbocycles. The van der Waals surface area contributed by atoms with E-state index in [2.05, 4.69) is 69.7 Å². The van der Waals surface area contributed by atoms with Gasteiger partial charge >= 0.3 is 30.4 Å². The number of para-hydroxylation sites is 3. The number of rotatable bonds is 24. The molecule has 0 unspecified atom stereocenters. The number of fused-ring (bicyclic) bond motifs is 3. The van der Waals surface area contributed by atoms with E-state index in [1.165, 1.54) is 49.9 Å². The quantitative estimate of drug-likeness (QED) is 0.0475. The third-order valence-corrected chi connectivity index (χ3v) is 25.3. The molecule has 139 heavy (non-hydrogen) atoms. The number of carbonyl (C=O) groups excluding carboxylic acids is 3. The van der Waals surface area contributed by atoms with Crippen molar-refractivity contribution in [3.05, 3.63) is 266 Å². The first kappa shape index (κ1) is 97.6. The average Bonchev–Trinajstić information content (AvgIpc) is 0.751. The van der Waals surface area contributed by atoms with E-state index >= 15 is 0 Å². The molecular weight excluding hydrogens is 1790 g/mol. The highest BCUT2D eigenvalue weighted by atomic mass is 19.4. The molecule has 3 aromatic heterocycles. The van der Waals surface area contributed by atoms with Crippen LogP contribution in [-0.4, -0.2) is 208 Å². The van der Waals surface area contributed by atoms with Gasteiger partial charge in [0.1, 0.15) is 34.5 Å². The lowest BCUT2D eigenvalue weighted by atomic mass is 10.1. The molecule has 0 aliphatic carbocycles. The highest BCUT2D eigenvalue weighted by molar-refractivity contribution is 6.14. The van der Waals surface area contributed by atoms with E-state index in [0.717, 1.165) is 139 Å². The van der Waals surface area contributed by atoms with Crippen LogP contribution in [0.15, 0.2) is 188 Å². The van der Waals surface area contributed by atoms with Crippen molar-refractivity contribution in [2.45, 2.75) is 93.2 Å². The predicted molar refractivity (Wildman–Crippen MR) is 524 cm³/mol. The lowest BCUT2D eigenvalue weighted by molar-refractivity contribution is -0.138. The van der Waals surface area contributed by atoms with Gasteiger partial charge in [0.25, 0.3) is 0 Å². The number of morpholine rings is 1. The van der Waals surface area contributed by atoms with Crippen molar-refractivity contribution in [2.24, 2.45) is 0 Å². The van der Waals surface area contributed by atoms with Gasteiger partial charge < -0.3 is 58.9 Å². The maximum atomic E-state index is 14.4. The number of methoxy groups -OCH3 is 6. The number of likely N-dealkylation sites (N-methyl/N-ethyl adjacent to an activating group) is 2. The predicted octanol–water partition coefficient (Wildman–Crippen LogP) is 19.8. The first-order chi connectivity index (χ1) is 66.8. The number of anilines is 15. The number of alkyl halides is 6. The number of benzene rings is 9. The molecule has 0 spiro atoms. The van der Waals surface area contributed by atoms with Crippen LogP contribution in [0, 0.1) is 41.5 Å². The number of amides is 6. The smallest absolute Gasteiger partial charge is 0.416 e. The topological polar surface area (TPSA) is 265 Å². The summed E-state index contributed by atoms with van der Waals surface area (Å²) in [6.45, 7) is 24.1. The van der Waals surface area contributed by atoms with Crippen LogP contribution >= 0.6 is 0 Å². The van der Waals surface area contributed by atoms with E-state index < -0.39 is 23.5 Å².